The lowest BCUT2D eigenvalue weighted by atomic mass is 10.1. The first-order chi connectivity index (χ1) is 15.3. The molecule has 3 amide bonds. The number of rotatable bonds is 9. The van der Waals surface area contributed by atoms with Crippen molar-refractivity contribution in [1.29, 1.82) is 0 Å². The molecular weight excluding hydrogens is 446 g/mol. The molecule has 0 aliphatic rings. The molecule has 0 aliphatic carbocycles. The van der Waals surface area contributed by atoms with Crippen LogP contribution in [0, 0.1) is 5.92 Å². The van der Waals surface area contributed by atoms with Crippen LogP contribution in [-0.4, -0.2) is 28.6 Å². The summed E-state index contributed by atoms with van der Waals surface area (Å²) < 4.78 is 3.94. The lowest BCUT2D eigenvalue weighted by Crippen LogP contribution is -2.44. The van der Waals surface area contributed by atoms with Crippen LogP contribution in [-0.2, 0) is 4.79 Å². The fourth-order valence-corrected chi connectivity index (χ4v) is 4.67. The number of anilines is 2. The number of amides is 3. The number of nitrogen functional groups attached to an aromatic ring is 1. The first-order valence-electron chi connectivity index (χ1n) is 10.1. The molecule has 0 unspecified atom stereocenters. The number of para-hydroxylation sites is 1. The number of aromatic nitrogens is 1. The van der Waals surface area contributed by atoms with E-state index in [-0.39, 0.29) is 22.2 Å². The standard InChI is InChI=1S/C22H25N5O3S2/c1-13(2)10-11-25-21(29)18(15-9-6-12-31-15)27(14-7-4-3-5-8-14)22(30)19-16(23)17(20(24)28)26-32-19/h3-9,12-13,18H,10-11,23H2,1-2H3,(H2,24,28)(H,25,29)/t18-/m1/s1. The largest absolute Gasteiger partial charge is 0.395 e. The smallest absolute Gasteiger partial charge is 0.273 e. The quantitative estimate of drug-likeness (QED) is 0.440. The van der Waals surface area contributed by atoms with E-state index in [1.165, 1.54) is 16.2 Å². The Morgan fingerprint density at radius 3 is 2.41 bits per heavy atom. The highest BCUT2D eigenvalue weighted by molar-refractivity contribution is 7.10. The molecular formula is C22H25N5O3S2. The predicted octanol–water partition coefficient (Wildman–Crippen LogP) is 3.44. The van der Waals surface area contributed by atoms with Crippen molar-refractivity contribution in [3.05, 3.63) is 63.3 Å². The number of nitrogens with two attached hydrogens (primary N) is 2. The molecule has 32 heavy (non-hydrogen) atoms. The highest BCUT2D eigenvalue weighted by Gasteiger charge is 2.36. The second kappa shape index (κ2) is 10.4. The van der Waals surface area contributed by atoms with E-state index in [1.54, 1.807) is 24.3 Å². The van der Waals surface area contributed by atoms with Crippen LogP contribution in [0.3, 0.4) is 0 Å². The zero-order valence-corrected chi connectivity index (χ0v) is 19.4. The minimum absolute atomic E-state index is 0.0548. The average molecular weight is 472 g/mol. The van der Waals surface area contributed by atoms with E-state index in [2.05, 4.69) is 23.5 Å². The van der Waals surface area contributed by atoms with Crippen LogP contribution in [0.2, 0.25) is 0 Å². The van der Waals surface area contributed by atoms with Crippen molar-refractivity contribution in [3.8, 4) is 0 Å². The van der Waals surface area contributed by atoms with Gasteiger partial charge in [0.2, 0.25) is 5.91 Å². The highest BCUT2D eigenvalue weighted by atomic mass is 32.1. The van der Waals surface area contributed by atoms with Crippen molar-refractivity contribution in [3.63, 3.8) is 0 Å². The van der Waals surface area contributed by atoms with Crippen molar-refractivity contribution in [2.45, 2.75) is 26.3 Å². The number of nitrogens with zero attached hydrogens (tertiary/aromatic N) is 2. The van der Waals surface area contributed by atoms with Gasteiger partial charge in [0, 0.05) is 17.1 Å². The number of primary amides is 1. The second-order valence-electron chi connectivity index (χ2n) is 7.54. The molecule has 10 heteroatoms. The van der Waals surface area contributed by atoms with Gasteiger partial charge < -0.3 is 16.8 Å². The van der Waals surface area contributed by atoms with E-state index >= 15 is 0 Å². The van der Waals surface area contributed by atoms with Gasteiger partial charge in [0.05, 0.1) is 5.69 Å². The zero-order valence-electron chi connectivity index (χ0n) is 17.8. The van der Waals surface area contributed by atoms with E-state index in [9.17, 15) is 14.4 Å². The first-order valence-corrected chi connectivity index (χ1v) is 11.7. The fraction of sp³-hybridized carbons (Fsp3) is 0.273. The predicted molar refractivity (Wildman–Crippen MR) is 128 cm³/mol. The third-order valence-electron chi connectivity index (χ3n) is 4.75. The van der Waals surface area contributed by atoms with Gasteiger partial charge in [-0.25, -0.2) is 0 Å². The van der Waals surface area contributed by atoms with E-state index in [0.29, 0.717) is 23.0 Å². The third-order valence-corrected chi connectivity index (χ3v) is 6.52. The number of hydrogen-bond donors (Lipinski definition) is 3. The summed E-state index contributed by atoms with van der Waals surface area (Å²) in [5, 5.41) is 4.80. The van der Waals surface area contributed by atoms with Gasteiger partial charge in [-0.2, -0.15) is 4.37 Å². The summed E-state index contributed by atoms with van der Waals surface area (Å²) in [5.41, 5.74) is 11.6. The maximum atomic E-state index is 13.7. The van der Waals surface area contributed by atoms with E-state index in [4.69, 9.17) is 11.5 Å². The Hall–Kier alpha value is -3.24. The van der Waals surface area contributed by atoms with Gasteiger partial charge in [0.1, 0.15) is 4.88 Å². The Morgan fingerprint density at radius 2 is 1.84 bits per heavy atom. The van der Waals surface area contributed by atoms with Crippen LogP contribution < -0.4 is 21.7 Å². The summed E-state index contributed by atoms with van der Waals surface area (Å²) in [6, 6.07) is 11.6. The minimum atomic E-state index is -0.921. The second-order valence-corrected chi connectivity index (χ2v) is 9.29. The summed E-state index contributed by atoms with van der Waals surface area (Å²) >= 11 is 2.17. The van der Waals surface area contributed by atoms with Crippen LogP contribution in [0.15, 0.2) is 47.8 Å². The van der Waals surface area contributed by atoms with Crippen LogP contribution in [0.1, 0.15) is 51.3 Å². The van der Waals surface area contributed by atoms with Crippen molar-refractivity contribution in [1.82, 2.24) is 9.69 Å². The molecule has 0 aliphatic heterocycles. The van der Waals surface area contributed by atoms with Gasteiger partial charge in [-0.05, 0) is 47.5 Å². The van der Waals surface area contributed by atoms with Gasteiger partial charge in [-0.15, -0.1) is 11.3 Å². The maximum absolute atomic E-state index is 13.7. The van der Waals surface area contributed by atoms with Gasteiger partial charge in [-0.3, -0.25) is 19.3 Å². The highest BCUT2D eigenvalue weighted by Crippen LogP contribution is 2.34. The number of benzene rings is 1. The summed E-state index contributed by atoms with van der Waals surface area (Å²) in [7, 11) is 0. The van der Waals surface area contributed by atoms with E-state index in [0.717, 1.165) is 18.0 Å². The van der Waals surface area contributed by atoms with Crippen molar-refractivity contribution in [2.75, 3.05) is 17.2 Å². The molecule has 1 atom stereocenters. The van der Waals surface area contributed by atoms with Gasteiger partial charge >= 0.3 is 0 Å². The van der Waals surface area contributed by atoms with Crippen molar-refractivity contribution >= 4 is 52.0 Å². The first kappa shape index (κ1) is 23.4. The summed E-state index contributed by atoms with van der Waals surface area (Å²) in [5.74, 6) is -1.23. The SMILES string of the molecule is CC(C)CCNC(=O)[C@@H](c1cccs1)N(C(=O)c1snc(C(N)=O)c1N)c1ccccc1. The van der Waals surface area contributed by atoms with Gasteiger partial charge in [-0.1, -0.05) is 38.1 Å². The summed E-state index contributed by atoms with van der Waals surface area (Å²) in [6.07, 6.45) is 0.811. The molecule has 0 fully saturated rings. The molecule has 0 radical (unpaired) electrons. The van der Waals surface area contributed by atoms with E-state index < -0.39 is 17.9 Å². The van der Waals surface area contributed by atoms with Crippen LogP contribution in [0.25, 0.3) is 0 Å². The molecule has 3 aromatic rings. The number of hydrogen-bond acceptors (Lipinski definition) is 7. The van der Waals surface area contributed by atoms with E-state index in [1.807, 2.05) is 23.6 Å². The monoisotopic (exact) mass is 471 g/mol. The Labute approximate surface area is 194 Å². The molecule has 0 bridgehead atoms. The molecule has 8 nitrogen and oxygen atoms in total. The Kier molecular flexibility index (Phi) is 7.60. The topological polar surface area (TPSA) is 131 Å². The average Bonchev–Trinajstić information content (AvgIpc) is 3.41. The van der Waals surface area contributed by atoms with Gasteiger partial charge in [0.15, 0.2) is 11.7 Å². The Morgan fingerprint density at radius 1 is 1.12 bits per heavy atom. The summed E-state index contributed by atoms with van der Waals surface area (Å²) in [6.45, 7) is 4.64. The number of carbonyl (C=O) groups excluding carboxylic acids is 3. The maximum Gasteiger partial charge on any atom is 0.273 e. The summed E-state index contributed by atoms with van der Waals surface area (Å²) in [4.78, 5) is 40.8. The number of nitrogens with one attached hydrogen (secondary N) is 1. The molecule has 3 rings (SSSR count). The van der Waals surface area contributed by atoms with Crippen molar-refractivity contribution < 1.29 is 14.4 Å². The van der Waals surface area contributed by atoms with Crippen molar-refractivity contribution in [2.24, 2.45) is 11.7 Å². The lowest BCUT2D eigenvalue weighted by molar-refractivity contribution is -0.122. The van der Waals surface area contributed by atoms with Crippen LogP contribution >= 0.6 is 22.9 Å². The Bertz CT molecular complexity index is 1080. The molecule has 2 heterocycles. The molecule has 0 saturated heterocycles. The fourth-order valence-electron chi connectivity index (χ4n) is 3.11. The molecule has 0 saturated carbocycles. The number of carbonyl (C=O) groups is 3. The molecule has 5 N–H and O–H groups in total. The molecule has 2 aromatic heterocycles. The zero-order chi connectivity index (χ0) is 23.3. The van der Waals surface area contributed by atoms with Crippen LogP contribution in [0.5, 0.6) is 0 Å². The molecule has 1 aromatic carbocycles. The molecule has 0 spiro atoms. The lowest BCUT2D eigenvalue weighted by Gasteiger charge is -2.30. The Balaban J connectivity index is 2.07. The normalized spacial score (nSPS) is 11.8. The molecule has 168 valence electrons. The number of thiophene rings is 1. The minimum Gasteiger partial charge on any atom is -0.395 e. The van der Waals surface area contributed by atoms with Gasteiger partial charge in [0.25, 0.3) is 11.8 Å². The van der Waals surface area contributed by atoms with Crippen LogP contribution in [0.4, 0.5) is 11.4 Å². The third kappa shape index (κ3) is 5.14.